The Kier molecular flexibility index (Phi) is 10.3. The first-order chi connectivity index (χ1) is 18.8. The van der Waals surface area contributed by atoms with Crippen LogP contribution in [0.3, 0.4) is 0 Å². The number of amides is 2. The predicted molar refractivity (Wildman–Crippen MR) is 152 cm³/mol. The number of carbonyl (C=O) groups is 2. The molecule has 0 spiro atoms. The van der Waals surface area contributed by atoms with Gasteiger partial charge in [0.1, 0.15) is 18.0 Å². The van der Waals surface area contributed by atoms with Crippen LogP contribution in [0.15, 0.2) is 54.1 Å². The van der Waals surface area contributed by atoms with E-state index in [1.165, 1.54) is 0 Å². The molecule has 210 valence electrons. The maximum atomic E-state index is 13.7. The minimum absolute atomic E-state index is 0.0874. The normalized spacial score (nSPS) is 21.4. The number of nitrogens with zero attached hydrogens (tertiary/aromatic N) is 1. The van der Waals surface area contributed by atoms with Crippen molar-refractivity contribution in [3.05, 3.63) is 75.3 Å². The number of para-hydroxylation sites is 1. The molecule has 4 atom stereocenters. The average molecular weight is 576 g/mol. The molecule has 0 bridgehead atoms. The molecule has 1 aliphatic heterocycles. The molecule has 9 heteroatoms. The SMILES string of the molecule is CCCCCCCC(=O)N(Cc1ccc(Cl)cc1Cl)[C@@H]1C=C(C(=O)NCCO)[C@@H]2c3ccccc3O[C@@H]2[C@H]1O. The van der Waals surface area contributed by atoms with E-state index in [4.69, 9.17) is 27.9 Å². The highest BCUT2D eigenvalue weighted by atomic mass is 35.5. The first-order valence-corrected chi connectivity index (χ1v) is 14.4. The lowest BCUT2D eigenvalue weighted by atomic mass is 9.77. The third-order valence-corrected chi connectivity index (χ3v) is 7.99. The van der Waals surface area contributed by atoms with E-state index in [-0.39, 0.29) is 31.5 Å². The van der Waals surface area contributed by atoms with E-state index < -0.39 is 24.2 Å². The molecular formula is C30H36Cl2N2O5. The van der Waals surface area contributed by atoms with Gasteiger partial charge >= 0.3 is 0 Å². The van der Waals surface area contributed by atoms with Crippen LogP contribution in [0.1, 0.15) is 62.5 Å². The van der Waals surface area contributed by atoms with Gasteiger partial charge in [-0.3, -0.25) is 9.59 Å². The Labute approximate surface area is 239 Å². The number of carbonyl (C=O) groups excluding carboxylic acids is 2. The Morgan fingerprint density at radius 3 is 2.59 bits per heavy atom. The van der Waals surface area contributed by atoms with Gasteiger partial charge in [-0.15, -0.1) is 0 Å². The third-order valence-electron chi connectivity index (χ3n) is 7.41. The van der Waals surface area contributed by atoms with Crippen LogP contribution in [0.4, 0.5) is 0 Å². The van der Waals surface area contributed by atoms with E-state index in [0.717, 1.165) is 37.7 Å². The molecule has 2 aliphatic rings. The van der Waals surface area contributed by atoms with Crippen LogP contribution in [0.2, 0.25) is 10.0 Å². The molecule has 0 saturated heterocycles. The van der Waals surface area contributed by atoms with Crippen LogP contribution in [-0.4, -0.2) is 58.3 Å². The molecule has 2 aromatic carbocycles. The number of benzene rings is 2. The molecule has 2 amide bonds. The zero-order valence-corrected chi connectivity index (χ0v) is 23.6. The standard InChI is InChI=1S/C30H36Cl2N2O5/c1-2-3-4-5-6-11-26(36)34(18-19-12-13-20(31)16-23(19)32)24-17-22(30(38)33-14-15-35)27-21-9-7-8-10-25(21)39-29(27)28(24)37/h7-10,12-13,16-17,24,27-29,35,37H,2-6,11,14-15,18H2,1H3,(H,33,38)/t24-,27+,28+,29+/m1/s1. The van der Waals surface area contributed by atoms with E-state index in [2.05, 4.69) is 12.2 Å². The summed E-state index contributed by atoms with van der Waals surface area (Å²) < 4.78 is 6.18. The van der Waals surface area contributed by atoms with Gasteiger partial charge in [-0.2, -0.15) is 0 Å². The summed E-state index contributed by atoms with van der Waals surface area (Å²) in [4.78, 5) is 28.6. The second kappa shape index (κ2) is 13.7. The quantitative estimate of drug-likeness (QED) is 0.310. The minimum atomic E-state index is -1.09. The third kappa shape index (κ3) is 6.77. The Morgan fingerprint density at radius 1 is 1.08 bits per heavy atom. The molecule has 0 saturated carbocycles. The summed E-state index contributed by atoms with van der Waals surface area (Å²) in [5, 5.41) is 24.6. The maximum Gasteiger partial charge on any atom is 0.247 e. The number of aliphatic hydroxyl groups is 2. The van der Waals surface area contributed by atoms with Crippen LogP contribution >= 0.6 is 23.2 Å². The summed E-state index contributed by atoms with van der Waals surface area (Å²) in [6.07, 6.45) is 5.11. The number of fused-ring (bicyclic) bond motifs is 3. The van der Waals surface area contributed by atoms with Crippen molar-refractivity contribution >= 4 is 35.0 Å². The van der Waals surface area contributed by atoms with Crippen LogP contribution in [0.5, 0.6) is 5.75 Å². The summed E-state index contributed by atoms with van der Waals surface area (Å²) in [5.74, 6) is -0.409. The number of halogens is 2. The fourth-order valence-electron chi connectivity index (χ4n) is 5.41. The molecule has 4 rings (SSSR count). The molecule has 1 heterocycles. The minimum Gasteiger partial charge on any atom is -0.486 e. The van der Waals surface area contributed by atoms with Gasteiger partial charge in [0.2, 0.25) is 11.8 Å². The highest BCUT2D eigenvalue weighted by molar-refractivity contribution is 6.35. The Morgan fingerprint density at radius 2 is 1.85 bits per heavy atom. The van der Waals surface area contributed by atoms with E-state index in [0.29, 0.717) is 33.4 Å². The molecular weight excluding hydrogens is 539 g/mol. The topological polar surface area (TPSA) is 99.1 Å². The largest absolute Gasteiger partial charge is 0.486 e. The second-order valence-electron chi connectivity index (χ2n) is 10.1. The van der Waals surface area contributed by atoms with Crippen molar-refractivity contribution in [2.24, 2.45) is 0 Å². The number of rotatable bonds is 12. The van der Waals surface area contributed by atoms with Crippen LogP contribution in [-0.2, 0) is 16.1 Å². The van der Waals surface area contributed by atoms with Crippen molar-refractivity contribution in [3.8, 4) is 5.75 Å². The van der Waals surface area contributed by atoms with Crippen molar-refractivity contribution < 1.29 is 24.5 Å². The van der Waals surface area contributed by atoms with Gasteiger partial charge in [0.05, 0.1) is 18.6 Å². The van der Waals surface area contributed by atoms with Gasteiger partial charge in [0.25, 0.3) is 0 Å². The van der Waals surface area contributed by atoms with E-state index in [1.54, 1.807) is 29.2 Å². The molecule has 1 aliphatic carbocycles. The van der Waals surface area contributed by atoms with E-state index >= 15 is 0 Å². The average Bonchev–Trinajstić information content (AvgIpc) is 3.32. The van der Waals surface area contributed by atoms with Gasteiger partial charge in [0, 0.05) is 40.7 Å². The van der Waals surface area contributed by atoms with Crippen molar-refractivity contribution in [2.45, 2.75) is 76.2 Å². The van der Waals surface area contributed by atoms with Gasteiger partial charge in [-0.1, -0.05) is 80.1 Å². The smallest absolute Gasteiger partial charge is 0.247 e. The summed E-state index contributed by atoms with van der Waals surface area (Å²) in [5.41, 5.74) is 1.89. The molecule has 0 aromatic heterocycles. The first kappa shape index (κ1) is 29.4. The number of aliphatic hydroxyl groups excluding tert-OH is 2. The van der Waals surface area contributed by atoms with E-state index in [1.807, 2.05) is 24.3 Å². The Balaban J connectivity index is 1.70. The number of nitrogens with one attached hydrogen (secondary N) is 1. The van der Waals surface area contributed by atoms with Gasteiger partial charge < -0.3 is 25.2 Å². The molecule has 0 radical (unpaired) electrons. The highest BCUT2D eigenvalue weighted by Gasteiger charge is 2.50. The number of unbranched alkanes of at least 4 members (excludes halogenated alkanes) is 4. The molecule has 7 nitrogen and oxygen atoms in total. The summed E-state index contributed by atoms with van der Waals surface area (Å²) in [7, 11) is 0. The lowest BCUT2D eigenvalue weighted by Gasteiger charge is -2.41. The van der Waals surface area contributed by atoms with Gasteiger partial charge in [0.15, 0.2) is 0 Å². The van der Waals surface area contributed by atoms with Crippen LogP contribution in [0.25, 0.3) is 0 Å². The summed E-state index contributed by atoms with van der Waals surface area (Å²) >= 11 is 12.6. The molecule has 3 N–H and O–H groups in total. The van der Waals surface area contributed by atoms with Crippen molar-refractivity contribution in [1.29, 1.82) is 0 Å². The van der Waals surface area contributed by atoms with E-state index in [9.17, 15) is 19.8 Å². The van der Waals surface area contributed by atoms with Crippen molar-refractivity contribution in [2.75, 3.05) is 13.2 Å². The maximum absolute atomic E-state index is 13.7. The Hall–Kier alpha value is -2.58. The van der Waals surface area contributed by atoms with Crippen LogP contribution in [0, 0.1) is 0 Å². The first-order valence-electron chi connectivity index (χ1n) is 13.6. The van der Waals surface area contributed by atoms with Gasteiger partial charge in [-0.25, -0.2) is 0 Å². The fourth-order valence-corrected chi connectivity index (χ4v) is 5.88. The molecule has 2 aromatic rings. The fraction of sp³-hybridized carbons (Fsp3) is 0.467. The summed E-state index contributed by atoms with van der Waals surface area (Å²) in [6.45, 7) is 2.16. The lowest BCUT2D eigenvalue weighted by molar-refractivity contribution is -0.138. The van der Waals surface area contributed by atoms with Crippen LogP contribution < -0.4 is 10.1 Å². The highest BCUT2D eigenvalue weighted by Crippen LogP contribution is 2.47. The molecule has 39 heavy (non-hydrogen) atoms. The second-order valence-corrected chi connectivity index (χ2v) is 10.9. The number of hydrogen-bond donors (Lipinski definition) is 3. The zero-order valence-electron chi connectivity index (χ0n) is 22.1. The Bertz CT molecular complexity index is 1200. The molecule has 0 fully saturated rings. The monoisotopic (exact) mass is 574 g/mol. The summed E-state index contributed by atoms with van der Waals surface area (Å²) in [6, 6.07) is 11.7. The van der Waals surface area contributed by atoms with Gasteiger partial charge in [-0.05, 0) is 36.3 Å². The number of hydrogen-bond acceptors (Lipinski definition) is 5. The number of ether oxygens (including phenoxy) is 1. The van der Waals surface area contributed by atoms with Crippen molar-refractivity contribution in [1.82, 2.24) is 10.2 Å². The zero-order chi connectivity index (χ0) is 27.9. The molecule has 0 unspecified atom stereocenters. The predicted octanol–water partition coefficient (Wildman–Crippen LogP) is 5.01. The lowest BCUT2D eigenvalue weighted by Crippen LogP contribution is -2.55. The van der Waals surface area contributed by atoms with Crippen molar-refractivity contribution in [3.63, 3.8) is 0 Å².